The molecule has 0 spiro atoms. The minimum atomic E-state index is -5.05. The van der Waals surface area contributed by atoms with Crippen molar-refractivity contribution in [3.8, 4) is 0 Å². The lowest BCUT2D eigenvalue weighted by molar-refractivity contribution is -0.143. The van der Waals surface area contributed by atoms with Crippen LogP contribution in [0.4, 0.5) is 32.0 Å². The van der Waals surface area contributed by atoms with Crippen LogP contribution in [0.15, 0.2) is 48.5 Å². The number of hydrogen-bond acceptors (Lipinski definition) is 3. The quantitative estimate of drug-likeness (QED) is 0.384. The maximum Gasteiger partial charge on any atom is 0.416 e. The number of amides is 1. The van der Waals surface area contributed by atoms with Crippen LogP contribution in [0.3, 0.4) is 0 Å². The summed E-state index contributed by atoms with van der Waals surface area (Å²) in [6.45, 7) is 1.85. The topological polar surface area (TPSA) is 55.4 Å². The molecule has 0 aliphatic carbocycles. The molecule has 0 heterocycles. The first kappa shape index (κ1) is 23.0. The SMILES string of the molecule is CCOC(=O)C=Cc1ccc(NC(=O)c2cc(C(F)(F)F)cc(C(F)(F)F)c2)cc1. The number of benzene rings is 2. The molecule has 0 aromatic heterocycles. The van der Waals surface area contributed by atoms with E-state index in [2.05, 4.69) is 5.32 Å². The fourth-order valence-electron chi connectivity index (χ4n) is 2.32. The molecule has 160 valence electrons. The van der Waals surface area contributed by atoms with Gasteiger partial charge in [0.15, 0.2) is 0 Å². The molecule has 0 unspecified atom stereocenters. The van der Waals surface area contributed by atoms with Gasteiger partial charge >= 0.3 is 18.3 Å². The van der Waals surface area contributed by atoms with Crippen molar-refractivity contribution < 1.29 is 40.7 Å². The summed E-state index contributed by atoms with van der Waals surface area (Å²) in [7, 11) is 0. The van der Waals surface area contributed by atoms with Gasteiger partial charge in [-0.15, -0.1) is 0 Å². The Morgan fingerprint density at radius 2 is 1.47 bits per heavy atom. The summed E-state index contributed by atoms with van der Waals surface area (Å²) in [5, 5.41) is 2.24. The Bertz CT molecular complexity index is 914. The summed E-state index contributed by atoms with van der Waals surface area (Å²) in [6.07, 6.45) is -7.49. The number of anilines is 1. The van der Waals surface area contributed by atoms with E-state index in [9.17, 15) is 35.9 Å². The van der Waals surface area contributed by atoms with Crippen LogP contribution in [-0.2, 0) is 21.9 Å². The Hall–Kier alpha value is -3.30. The zero-order chi connectivity index (χ0) is 22.5. The summed E-state index contributed by atoms with van der Waals surface area (Å²) in [5.74, 6) is -1.69. The summed E-state index contributed by atoms with van der Waals surface area (Å²) in [4.78, 5) is 23.5. The smallest absolute Gasteiger partial charge is 0.416 e. The third-order valence-electron chi connectivity index (χ3n) is 3.72. The summed E-state index contributed by atoms with van der Waals surface area (Å²) >= 11 is 0. The third kappa shape index (κ3) is 6.36. The van der Waals surface area contributed by atoms with E-state index < -0.39 is 40.9 Å². The standard InChI is InChI=1S/C20H15F6NO3/c1-2-30-17(28)8-5-12-3-6-16(7-4-12)27-18(29)13-9-14(19(21,22)23)11-15(10-13)20(24,25)26/h3-11H,2H2,1H3,(H,27,29). The lowest BCUT2D eigenvalue weighted by atomic mass is 10.0. The van der Waals surface area contributed by atoms with Gasteiger partial charge in [0.05, 0.1) is 17.7 Å². The minimum Gasteiger partial charge on any atom is -0.463 e. The number of hydrogen-bond donors (Lipinski definition) is 1. The zero-order valence-electron chi connectivity index (χ0n) is 15.4. The van der Waals surface area contributed by atoms with E-state index in [1.54, 1.807) is 6.92 Å². The molecule has 0 aliphatic rings. The number of nitrogens with one attached hydrogen (secondary N) is 1. The molecule has 2 rings (SSSR count). The van der Waals surface area contributed by atoms with Crippen molar-refractivity contribution in [3.05, 3.63) is 70.8 Å². The predicted octanol–water partition coefficient (Wildman–Crippen LogP) is 5.55. The van der Waals surface area contributed by atoms with Crippen LogP contribution >= 0.6 is 0 Å². The molecule has 1 N–H and O–H groups in total. The van der Waals surface area contributed by atoms with E-state index in [4.69, 9.17) is 4.74 Å². The zero-order valence-corrected chi connectivity index (χ0v) is 15.4. The molecular weight excluding hydrogens is 416 g/mol. The molecule has 4 nitrogen and oxygen atoms in total. The maximum atomic E-state index is 12.9. The van der Waals surface area contributed by atoms with Crippen molar-refractivity contribution in [1.29, 1.82) is 0 Å². The Labute approximate surface area is 167 Å². The molecule has 30 heavy (non-hydrogen) atoms. The molecule has 0 aliphatic heterocycles. The molecule has 2 aromatic carbocycles. The van der Waals surface area contributed by atoms with Crippen LogP contribution in [0, 0.1) is 0 Å². The van der Waals surface area contributed by atoms with E-state index in [1.165, 1.54) is 36.4 Å². The Kier molecular flexibility index (Phi) is 6.91. The van der Waals surface area contributed by atoms with Gasteiger partial charge in [-0.2, -0.15) is 26.3 Å². The fraction of sp³-hybridized carbons (Fsp3) is 0.200. The minimum absolute atomic E-state index is 0.0541. The van der Waals surface area contributed by atoms with Crippen LogP contribution in [0.2, 0.25) is 0 Å². The molecule has 1 amide bonds. The van der Waals surface area contributed by atoms with Gasteiger partial charge in [-0.1, -0.05) is 12.1 Å². The Morgan fingerprint density at radius 1 is 0.933 bits per heavy atom. The number of esters is 1. The number of halogens is 6. The van der Waals surface area contributed by atoms with E-state index in [1.807, 2.05) is 0 Å². The molecule has 0 bridgehead atoms. The van der Waals surface area contributed by atoms with Crippen LogP contribution < -0.4 is 5.32 Å². The first-order chi connectivity index (χ1) is 13.9. The number of ether oxygens (including phenoxy) is 1. The lowest BCUT2D eigenvalue weighted by Gasteiger charge is -2.14. The highest BCUT2D eigenvalue weighted by molar-refractivity contribution is 6.04. The van der Waals surface area contributed by atoms with Crippen LogP contribution in [0.1, 0.15) is 34.0 Å². The van der Waals surface area contributed by atoms with Crippen molar-refractivity contribution in [2.24, 2.45) is 0 Å². The van der Waals surface area contributed by atoms with E-state index >= 15 is 0 Å². The number of carbonyl (C=O) groups is 2. The number of carbonyl (C=O) groups excluding carboxylic acids is 2. The average Bonchev–Trinajstić information content (AvgIpc) is 2.66. The normalized spacial score (nSPS) is 12.1. The summed E-state index contributed by atoms with van der Waals surface area (Å²) in [6, 6.07) is 6.36. The Morgan fingerprint density at radius 3 is 1.93 bits per heavy atom. The van der Waals surface area contributed by atoms with Gasteiger partial charge < -0.3 is 10.1 Å². The second-order valence-corrected chi connectivity index (χ2v) is 5.96. The third-order valence-corrected chi connectivity index (χ3v) is 3.72. The fourth-order valence-corrected chi connectivity index (χ4v) is 2.32. The van der Waals surface area contributed by atoms with Gasteiger partial charge in [-0.25, -0.2) is 4.79 Å². The first-order valence-electron chi connectivity index (χ1n) is 8.46. The van der Waals surface area contributed by atoms with E-state index in [0.29, 0.717) is 17.7 Å². The lowest BCUT2D eigenvalue weighted by Crippen LogP contribution is -2.17. The predicted molar refractivity (Wildman–Crippen MR) is 96.5 cm³/mol. The summed E-state index contributed by atoms with van der Waals surface area (Å²) in [5.41, 5.74) is -3.26. The van der Waals surface area contributed by atoms with Crippen LogP contribution in [-0.4, -0.2) is 18.5 Å². The highest BCUT2D eigenvalue weighted by Crippen LogP contribution is 2.36. The van der Waals surface area contributed by atoms with Crippen molar-refractivity contribution in [2.75, 3.05) is 11.9 Å². The average molecular weight is 431 g/mol. The molecule has 0 atom stereocenters. The van der Waals surface area contributed by atoms with Crippen molar-refractivity contribution in [1.82, 2.24) is 0 Å². The van der Waals surface area contributed by atoms with Crippen molar-refractivity contribution in [2.45, 2.75) is 19.3 Å². The van der Waals surface area contributed by atoms with E-state index in [-0.39, 0.29) is 18.4 Å². The highest BCUT2D eigenvalue weighted by Gasteiger charge is 2.37. The molecule has 10 heteroatoms. The monoisotopic (exact) mass is 431 g/mol. The molecule has 0 fully saturated rings. The largest absolute Gasteiger partial charge is 0.463 e. The van der Waals surface area contributed by atoms with Crippen LogP contribution in [0.25, 0.3) is 6.08 Å². The number of rotatable bonds is 5. The van der Waals surface area contributed by atoms with Gasteiger partial charge in [-0.05, 0) is 48.9 Å². The van der Waals surface area contributed by atoms with Gasteiger partial charge in [0, 0.05) is 17.3 Å². The van der Waals surface area contributed by atoms with E-state index in [0.717, 1.165) is 0 Å². The molecule has 0 radical (unpaired) electrons. The van der Waals surface area contributed by atoms with Gasteiger partial charge in [0.1, 0.15) is 0 Å². The molecule has 0 saturated heterocycles. The van der Waals surface area contributed by atoms with Gasteiger partial charge in [0.2, 0.25) is 0 Å². The molecular formula is C20H15F6NO3. The summed E-state index contributed by atoms with van der Waals surface area (Å²) < 4.78 is 82.2. The van der Waals surface area contributed by atoms with Crippen LogP contribution in [0.5, 0.6) is 0 Å². The first-order valence-corrected chi connectivity index (χ1v) is 8.46. The molecule has 0 saturated carbocycles. The Balaban J connectivity index is 2.22. The molecule has 2 aromatic rings. The van der Waals surface area contributed by atoms with Gasteiger partial charge in [-0.3, -0.25) is 4.79 Å². The van der Waals surface area contributed by atoms with Crippen molar-refractivity contribution >= 4 is 23.6 Å². The van der Waals surface area contributed by atoms with Crippen molar-refractivity contribution in [3.63, 3.8) is 0 Å². The number of alkyl halides is 6. The maximum absolute atomic E-state index is 12.9. The highest BCUT2D eigenvalue weighted by atomic mass is 19.4. The second kappa shape index (κ2) is 9.02. The van der Waals surface area contributed by atoms with Gasteiger partial charge in [0.25, 0.3) is 5.91 Å². The second-order valence-electron chi connectivity index (χ2n) is 5.96.